The number of ether oxygens (including phenoxy) is 1. The van der Waals surface area contributed by atoms with E-state index in [-0.39, 0.29) is 5.75 Å². The largest absolute Gasteiger partial charge is 0.371 e. The van der Waals surface area contributed by atoms with Gasteiger partial charge in [-0.2, -0.15) is 0 Å². The third kappa shape index (κ3) is 6.68. The fraction of sp³-hybridized carbons (Fsp3) is 1.00. The summed E-state index contributed by atoms with van der Waals surface area (Å²) in [5.41, 5.74) is 0. The fourth-order valence-electron chi connectivity index (χ4n) is 0.421. The molecule has 1 atom stereocenters. The fourth-order valence-corrected chi connectivity index (χ4v) is 2.45. The monoisotopic (exact) mass is 218 g/mol. The molecule has 12 heavy (non-hydrogen) atoms. The Balaban J connectivity index is 3.80. The Morgan fingerprint density at radius 2 is 2.00 bits per heavy atom. The van der Waals surface area contributed by atoms with Crippen LogP contribution in [-0.2, 0) is 25.7 Å². The van der Waals surface area contributed by atoms with Gasteiger partial charge in [-0.25, -0.2) is 12.6 Å². The van der Waals surface area contributed by atoms with Gasteiger partial charge in [-0.15, -0.1) is 0 Å². The Morgan fingerprint density at radius 3 is 2.42 bits per heavy atom. The standard InChI is InChI=1S/C4H10O6S2/c5-3-10-4-12(8,9)2-1-11(6)7/h5H,1-4H2,(H,6,7). The minimum Gasteiger partial charge on any atom is -0.371 e. The number of hydrogen-bond donors (Lipinski definition) is 2. The van der Waals surface area contributed by atoms with E-state index in [1.54, 1.807) is 0 Å². The van der Waals surface area contributed by atoms with Crippen molar-refractivity contribution in [1.29, 1.82) is 0 Å². The van der Waals surface area contributed by atoms with Gasteiger partial charge in [0.15, 0.2) is 26.9 Å². The number of aliphatic hydroxyl groups excluding tert-OH is 1. The van der Waals surface area contributed by atoms with E-state index in [0.717, 1.165) is 0 Å². The van der Waals surface area contributed by atoms with Gasteiger partial charge in [0.2, 0.25) is 0 Å². The maximum atomic E-state index is 10.8. The molecule has 0 aromatic carbocycles. The molecule has 0 fully saturated rings. The highest BCUT2D eigenvalue weighted by Gasteiger charge is 2.11. The third-order valence-electron chi connectivity index (χ3n) is 0.923. The smallest absolute Gasteiger partial charge is 0.175 e. The summed E-state index contributed by atoms with van der Waals surface area (Å²) in [5, 5.41) is 8.11. The zero-order valence-electron chi connectivity index (χ0n) is 6.17. The molecule has 0 heterocycles. The molecule has 0 radical (unpaired) electrons. The summed E-state index contributed by atoms with van der Waals surface area (Å²) in [6, 6.07) is 0. The highest BCUT2D eigenvalue weighted by atomic mass is 32.2. The minimum absolute atomic E-state index is 0.336. The summed E-state index contributed by atoms with van der Waals surface area (Å²) >= 11 is -2.11. The summed E-state index contributed by atoms with van der Waals surface area (Å²) in [5.74, 6) is -1.38. The first-order valence-corrected chi connectivity index (χ1v) is 6.04. The van der Waals surface area contributed by atoms with Crippen LogP contribution in [0.1, 0.15) is 0 Å². The molecule has 8 heteroatoms. The van der Waals surface area contributed by atoms with E-state index >= 15 is 0 Å². The van der Waals surface area contributed by atoms with Crippen LogP contribution >= 0.6 is 0 Å². The molecule has 0 bridgehead atoms. The van der Waals surface area contributed by atoms with E-state index < -0.39 is 39.4 Å². The van der Waals surface area contributed by atoms with Crippen LogP contribution in [0, 0.1) is 0 Å². The Bertz CT molecular complexity index is 232. The number of aliphatic hydroxyl groups is 1. The maximum absolute atomic E-state index is 10.8. The molecule has 0 amide bonds. The van der Waals surface area contributed by atoms with Crippen LogP contribution < -0.4 is 0 Å². The van der Waals surface area contributed by atoms with Crippen molar-refractivity contribution in [2.75, 3.05) is 24.2 Å². The predicted molar refractivity (Wildman–Crippen MR) is 42.5 cm³/mol. The van der Waals surface area contributed by atoms with Crippen molar-refractivity contribution in [2.24, 2.45) is 0 Å². The van der Waals surface area contributed by atoms with E-state index in [2.05, 4.69) is 4.74 Å². The van der Waals surface area contributed by atoms with Crippen molar-refractivity contribution >= 4 is 20.9 Å². The Morgan fingerprint density at radius 1 is 1.42 bits per heavy atom. The second-order valence-corrected chi connectivity index (χ2v) is 5.11. The molecule has 0 saturated heterocycles. The van der Waals surface area contributed by atoms with Gasteiger partial charge in [0, 0.05) is 0 Å². The first-order chi connectivity index (χ1) is 5.48. The van der Waals surface area contributed by atoms with E-state index in [1.807, 2.05) is 0 Å². The van der Waals surface area contributed by atoms with E-state index in [0.29, 0.717) is 0 Å². The van der Waals surface area contributed by atoms with Crippen molar-refractivity contribution in [2.45, 2.75) is 0 Å². The lowest BCUT2D eigenvalue weighted by atomic mass is 11.0. The number of hydrogen-bond acceptors (Lipinski definition) is 5. The average molecular weight is 218 g/mol. The second kappa shape index (κ2) is 5.60. The van der Waals surface area contributed by atoms with Gasteiger partial charge in [-0.3, -0.25) is 0 Å². The van der Waals surface area contributed by atoms with Gasteiger partial charge in [0.1, 0.15) is 6.79 Å². The van der Waals surface area contributed by atoms with Crippen LogP contribution in [0.25, 0.3) is 0 Å². The highest BCUT2D eigenvalue weighted by molar-refractivity contribution is 7.92. The molecule has 0 aromatic rings. The Kier molecular flexibility index (Phi) is 5.59. The molecule has 0 aliphatic carbocycles. The third-order valence-corrected chi connectivity index (χ3v) is 3.09. The number of rotatable bonds is 6. The molecule has 0 aromatic heterocycles. The van der Waals surface area contributed by atoms with Crippen LogP contribution in [0.4, 0.5) is 0 Å². The average Bonchev–Trinajstić information content (AvgIpc) is 1.98. The van der Waals surface area contributed by atoms with Crippen LogP contribution in [-0.4, -0.2) is 46.5 Å². The molecule has 0 spiro atoms. The quantitative estimate of drug-likeness (QED) is 0.417. The van der Waals surface area contributed by atoms with Crippen molar-refractivity contribution < 1.29 is 27.0 Å². The SMILES string of the molecule is O=S(O)CCS(=O)(=O)COCO. The van der Waals surface area contributed by atoms with Crippen molar-refractivity contribution in [1.82, 2.24) is 0 Å². The van der Waals surface area contributed by atoms with Crippen LogP contribution in [0.3, 0.4) is 0 Å². The molecule has 6 nitrogen and oxygen atoms in total. The molecule has 74 valence electrons. The van der Waals surface area contributed by atoms with Gasteiger partial charge in [-0.1, -0.05) is 0 Å². The van der Waals surface area contributed by atoms with Gasteiger partial charge >= 0.3 is 0 Å². The van der Waals surface area contributed by atoms with Crippen LogP contribution in [0.2, 0.25) is 0 Å². The summed E-state index contributed by atoms with van der Waals surface area (Å²) in [4.78, 5) is 0. The second-order valence-electron chi connectivity index (χ2n) is 1.92. The first-order valence-electron chi connectivity index (χ1n) is 2.94. The lowest BCUT2D eigenvalue weighted by Crippen LogP contribution is -2.18. The summed E-state index contributed by atoms with van der Waals surface area (Å²) in [6.07, 6.45) is 0. The summed E-state index contributed by atoms with van der Waals surface area (Å²) in [7, 11) is -3.47. The van der Waals surface area contributed by atoms with E-state index in [4.69, 9.17) is 9.66 Å². The molecular formula is C4H10O6S2. The molecule has 0 rings (SSSR count). The normalized spacial score (nSPS) is 14.5. The highest BCUT2D eigenvalue weighted by Crippen LogP contribution is 1.92. The van der Waals surface area contributed by atoms with Gasteiger partial charge in [0.05, 0.1) is 11.5 Å². The number of sulfone groups is 1. The zero-order chi connectivity index (χ0) is 9.61. The minimum atomic E-state index is -3.47. The molecule has 1 unspecified atom stereocenters. The van der Waals surface area contributed by atoms with E-state index in [1.165, 1.54) is 0 Å². The van der Waals surface area contributed by atoms with Crippen molar-refractivity contribution in [3.8, 4) is 0 Å². The summed E-state index contributed by atoms with van der Waals surface area (Å²) in [6.45, 7) is -0.679. The lowest BCUT2D eigenvalue weighted by Gasteiger charge is -2.01. The molecular weight excluding hydrogens is 208 g/mol. The Labute approximate surface area is 72.7 Å². The predicted octanol–water partition coefficient (Wildman–Crippen LogP) is -1.45. The van der Waals surface area contributed by atoms with Crippen LogP contribution in [0.15, 0.2) is 0 Å². The zero-order valence-corrected chi connectivity index (χ0v) is 7.81. The van der Waals surface area contributed by atoms with Crippen molar-refractivity contribution in [3.05, 3.63) is 0 Å². The lowest BCUT2D eigenvalue weighted by molar-refractivity contribution is 0.0215. The van der Waals surface area contributed by atoms with Crippen molar-refractivity contribution in [3.63, 3.8) is 0 Å². The maximum Gasteiger partial charge on any atom is 0.175 e. The molecule has 0 saturated carbocycles. The molecule has 0 aliphatic rings. The molecule has 0 aliphatic heterocycles. The first kappa shape index (κ1) is 12.0. The van der Waals surface area contributed by atoms with Gasteiger partial charge < -0.3 is 14.4 Å². The Hall–Kier alpha value is -0.0200. The van der Waals surface area contributed by atoms with Gasteiger partial charge in [-0.05, 0) is 0 Å². The van der Waals surface area contributed by atoms with Crippen LogP contribution in [0.5, 0.6) is 0 Å². The molecule has 2 N–H and O–H groups in total. The topological polar surface area (TPSA) is 101 Å². The summed E-state index contributed by atoms with van der Waals surface area (Å²) < 4.78 is 44.2. The van der Waals surface area contributed by atoms with E-state index in [9.17, 15) is 12.6 Å². The van der Waals surface area contributed by atoms with Gasteiger partial charge in [0.25, 0.3) is 0 Å².